The lowest BCUT2D eigenvalue weighted by atomic mass is 10.1. The molecule has 0 saturated heterocycles. The number of benzene rings is 2. The molecule has 6 nitrogen and oxygen atoms in total. The third-order valence-electron chi connectivity index (χ3n) is 4.89. The monoisotopic (exact) mass is 412 g/mol. The van der Waals surface area contributed by atoms with Crippen LogP contribution in [0.5, 0.6) is 5.75 Å². The number of amides is 1. The summed E-state index contributed by atoms with van der Waals surface area (Å²) in [7, 11) is 5.62. The smallest absolute Gasteiger partial charge is 0.254 e. The predicted octanol–water partition coefficient (Wildman–Crippen LogP) is 3.88. The average Bonchev–Trinajstić information content (AvgIpc) is 3.09. The molecule has 0 aliphatic heterocycles. The minimum Gasteiger partial charge on any atom is -0.497 e. The number of halogens is 1. The van der Waals surface area contributed by atoms with Crippen LogP contribution in [0.15, 0.2) is 54.7 Å². The Morgan fingerprint density at radius 3 is 2.59 bits per heavy atom. The second-order valence-corrected chi connectivity index (χ2v) is 7.43. The van der Waals surface area contributed by atoms with E-state index < -0.39 is 0 Å². The highest BCUT2D eigenvalue weighted by Crippen LogP contribution is 2.21. The molecule has 0 saturated carbocycles. The van der Waals surface area contributed by atoms with Crippen LogP contribution >= 0.6 is 11.6 Å². The fourth-order valence-electron chi connectivity index (χ4n) is 3.21. The summed E-state index contributed by atoms with van der Waals surface area (Å²) in [6.07, 6.45) is 1.59. The van der Waals surface area contributed by atoms with Crippen molar-refractivity contribution in [3.63, 3.8) is 0 Å². The second kappa shape index (κ2) is 9.11. The highest BCUT2D eigenvalue weighted by Gasteiger charge is 2.19. The first kappa shape index (κ1) is 20.9. The Balaban J connectivity index is 1.74. The molecule has 0 radical (unpaired) electrons. The molecule has 3 rings (SSSR count). The first-order valence-corrected chi connectivity index (χ1v) is 9.67. The Kier molecular flexibility index (Phi) is 6.56. The Morgan fingerprint density at radius 2 is 1.97 bits per heavy atom. The fraction of sp³-hybridized carbons (Fsp3) is 0.273. The number of likely N-dealkylation sites (N-methyl/N-ethyl adjacent to an activating group) is 1. The van der Waals surface area contributed by atoms with Gasteiger partial charge in [-0.15, -0.1) is 0 Å². The summed E-state index contributed by atoms with van der Waals surface area (Å²) in [5.74, 6) is 0.649. The highest BCUT2D eigenvalue weighted by atomic mass is 35.5. The summed E-state index contributed by atoms with van der Waals surface area (Å²) in [4.78, 5) is 14.9. The molecule has 1 amide bonds. The molecule has 0 spiro atoms. The molecule has 0 aliphatic carbocycles. The van der Waals surface area contributed by atoms with Crippen LogP contribution in [0.2, 0.25) is 5.02 Å². The van der Waals surface area contributed by atoms with Crippen LogP contribution in [0, 0.1) is 6.92 Å². The SMILES string of the molecule is COc1ccc(C(CNC(=O)c2cnn(-c3cccc(Cl)c3)c2C)N(C)C)cc1. The van der Waals surface area contributed by atoms with Gasteiger partial charge in [0.05, 0.1) is 36.3 Å². The molecule has 0 bridgehead atoms. The molecule has 1 N–H and O–H groups in total. The molecule has 0 fully saturated rings. The summed E-state index contributed by atoms with van der Waals surface area (Å²) in [5.41, 5.74) is 3.22. The lowest BCUT2D eigenvalue weighted by Gasteiger charge is -2.25. The van der Waals surface area contributed by atoms with E-state index in [1.807, 2.05) is 63.5 Å². The number of methoxy groups -OCH3 is 1. The molecular weight excluding hydrogens is 388 g/mol. The number of aromatic nitrogens is 2. The van der Waals surface area contributed by atoms with Gasteiger partial charge < -0.3 is 15.0 Å². The number of carbonyl (C=O) groups is 1. The van der Waals surface area contributed by atoms with Crippen molar-refractivity contribution in [1.82, 2.24) is 20.0 Å². The predicted molar refractivity (Wildman–Crippen MR) is 115 cm³/mol. The normalized spacial score (nSPS) is 12.1. The van der Waals surface area contributed by atoms with Crippen molar-refractivity contribution < 1.29 is 9.53 Å². The van der Waals surface area contributed by atoms with Crippen LogP contribution in [-0.4, -0.2) is 48.3 Å². The third-order valence-corrected chi connectivity index (χ3v) is 5.12. The summed E-state index contributed by atoms with van der Waals surface area (Å²) < 4.78 is 6.94. The molecule has 0 aliphatic rings. The van der Waals surface area contributed by atoms with Gasteiger partial charge in [0.2, 0.25) is 0 Å². The van der Waals surface area contributed by atoms with Gasteiger partial charge in [0.1, 0.15) is 5.75 Å². The molecule has 7 heteroatoms. The van der Waals surface area contributed by atoms with E-state index in [0.29, 0.717) is 17.1 Å². The Bertz CT molecular complexity index is 983. The number of ether oxygens (including phenoxy) is 1. The van der Waals surface area contributed by atoms with Gasteiger partial charge in [-0.1, -0.05) is 29.8 Å². The number of hydrogen-bond acceptors (Lipinski definition) is 4. The molecule has 3 aromatic rings. The molecule has 1 aromatic heterocycles. The molecule has 152 valence electrons. The number of nitrogens with zero attached hydrogens (tertiary/aromatic N) is 3. The van der Waals surface area contributed by atoms with Crippen LogP contribution in [0.3, 0.4) is 0 Å². The second-order valence-electron chi connectivity index (χ2n) is 7.00. The van der Waals surface area contributed by atoms with Crippen LogP contribution < -0.4 is 10.1 Å². The van der Waals surface area contributed by atoms with Gasteiger partial charge in [0.25, 0.3) is 5.91 Å². The van der Waals surface area contributed by atoms with Gasteiger partial charge in [-0.2, -0.15) is 5.10 Å². The van der Waals surface area contributed by atoms with E-state index in [2.05, 4.69) is 15.3 Å². The number of carbonyl (C=O) groups excluding carboxylic acids is 1. The van der Waals surface area contributed by atoms with Crippen LogP contribution in [0.1, 0.15) is 27.7 Å². The zero-order chi connectivity index (χ0) is 21.0. The van der Waals surface area contributed by atoms with Gasteiger partial charge in [-0.25, -0.2) is 4.68 Å². The minimum absolute atomic E-state index is 0.0353. The zero-order valence-corrected chi connectivity index (χ0v) is 17.8. The third kappa shape index (κ3) is 4.78. The first-order chi connectivity index (χ1) is 13.9. The lowest BCUT2D eigenvalue weighted by Crippen LogP contribution is -2.34. The van der Waals surface area contributed by atoms with E-state index in [4.69, 9.17) is 16.3 Å². The minimum atomic E-state index is -0.156. The molecule has 1 heterocycles. The topological polar surface area (TPSA) is 59.4 Å². The maximum absolute atomic E-state index is 12.8. The molecule has 29 heavy (non-hydrogen) atoms. The fourth-order valence-corrected chi connectivity index (χ4v) is 3.39. The van der Waals surface area contributed by atoms with Gasteiger partial charge in [0.15, 0.2) is 0 Å². The van der Waals surface area contributed by atoms with Crippen LogP contribution in [0.25, 0.3) is 5.69 Å². The van der Waals surface area contributed by atoms with Crippen molar-refractivity contribution in [3.05, 3.63) is 76.6 Å². The lowest BCUT2D eigenvalue weighted by molar-refractivity contribution is 0.0941. The van der Waals surface area contributed by atoms with Crippen molar-refractivity contribution >= 4 is 17.5 Å². The van der Waals surface area contributed by atoms with E-state index in [0.717, 1.165) is 22.7 Å². The highest BCUT2D eigenvalue weighted by molar-refractivity contribution is 6.30. The summed E-state index contributed by atoms with van der Waals surface area (Å²) >= 11 is 6.07. The number of rotatable bonds is 7. The van der Waals surface area contributed by atoms with Crippen LogP contribution in [-0.2, 0) is 0 Å². The molecule has 2 aromatic carbocycles. The van der Waals surface area contributed by atoms with Crippen molar-refractivity contribution in [2.24, 2.45) is 0 Å². The molecule has 1 unspecified atom stereocenters. The number of hydrogen-bond donors (Lipinski definition) is 1. The Labute approximate surface area is 176 Å². The standard InChI is InChI=1S/C22H25ClN4O2/c1-15-20(13-25-27(15)18-7-5-6-17(23)12-18)22(28)24-14-21(26(2)3)16-8-10-19(29-4)11-9-16/h5-13,21H,14H2,1-4H3,(H,24,28). The Morgan fingerprint density at radius 1 is 1.24 bits per heavy atom. The zero-order valence-electron chi connectivity index (χ0n) is 17.0. The van der Waals surface area contributed by atoms with Crippen molar-refractivity contribution in [2.75, 3.05) is 27.7 Å². The molecule has 1 atom stereocenters. The van der Waals surface area contributed by atoms with Gasteiger partial charge in [-0.05, 0) is 56.9 Å². The van der Waals surface area contributed by atoms with Gasteiger partial charge in [0, 0.05) is 11.6 Å². The van der Waals surface area contributed by atoms with E-state index in [1.54, 1.807) is 24.1 Å². The molecular formula is C22H25ClN4O2. The average molecular weight is 413 g/mol. The van der Waals surface area contributed by atoms with E-state index in [9.17, 15) is 4.79 Å². The number of nitrogens with one attached hydrogen (secondary N) is 1. The summed E-state index contributed by atoms with van der Waals surface area (Å²) in [5, 5.41) is 8.02. The van der Waals surface area contributed by atoms with Gasteiger partial charge in [-0.3, -0.25) is 4.79 Å². The van der Waals surface area contributed by atoms with Crippen molar-refractivity contribution in [2.45, 2.75) is 13.0 Å². The summed E-state index contributed by atoms with van der Waals surface area (Å²) in [6, 6.07) is 15.3. The summed E-state index contributed by atoms with van der Waals surface area (Å²) in [6.45, 7) is 2.34. The quantitative estimate of drug-likeness (QED) is 0.639. The largest absolute Gasteiger partial charge is 0.497 e. The van der Waals surface area contributed by atoms with E-state index >= 15 is 0 Å². The van der Waals surface area contributed by atoms with E-state index in [-0.39, 0.29) is 11.9 Å². The van der Waals surface area contributed by atoms with E-state index in [1.165, 1.54) is 0 Å². The first-order valence-electron chi connectivity index (χ1n) is 9.30. The Hall–Kier alpha value is -2.83. The van der Waals surface area contributed by atoms with Gasteiger partial charge >= 0.3 is 0 Å². The maximum Gasteiger partial charge on any atom is 0.254 e. The maximum atomic E-state index is 12.8. The van der Waals surface area contributed by atoms with Crippen LogP contribution in [0.4, 0.5) is 0 Å². The van der Waals surface area contributed by atoms with Crippen molar-refractivity contribution in [1.29, 1.82) is 0 Å². The van der Waals surface area contributed by atoms with Crippen molar-refractivity contribution in [3.8, 4) is 11.4 Å².